The summed E-state index contributed by atoms with van der Waals surface area (Å²) in [4.78, 5) is 20.9. The Balaban J connectivity index is 0.00000481. The number of carbonyl (C=O) groups is 1. The number of aromatic nitrogens is 2. The third-order valence-electron chi connectivity index (χ3n) is 6.55. The van der Waals surface area contributed by atoms with Gasteiger partial charge in [-0.05, 0) is 68.2 Å². The van der Waals surface area contributed by atoms with Gasteiger partial charge in [0, 0.05) is 12.0 Å². The quantitative estimate of drug-likeness (QED) is 0.381. The molecule has 198 valence electrons. The van der Waals surface area contributed by atoms with Crippen molar-refractivity contribution in [3.63, 3.8) is 0 Å². The number of halogens is 6. The van der Waals surface area contributed by atoms with Crippen LogP contribution in [0.1, 0.15) is 80.6 Å². The Morgan fingerprint density at radius 1 is 1.03 bits per heavy atom. The molecule has 2 heterocycles. The van der Waals surface area contributed by atoms with Gasteiger partial charge < -0.3 is 9.90 Å². The van der Waals surface area contributed by atoms with Crippen molar-refractivity contribution in [3.05, 3.63) is 59.2 Å². The SMILES string of the molecule is CC(C)CC[C@H](c1cnc(C(F)(F)F)cn1)N1CC[C@@H](CC(=O)[O-])C[C@H]1c1ccc(C(F)(F)F)cc1.[Na+]. The van der Waals surface area contributed by atoms with E-state index in [0.29, 0.717) is 43.3 Å². The minimum Gasteiger partial charge on any atom is -0.550 e. The van der Waals surface area contributed by atoms with Crippen molar-refractivity contribution in [3.8, 4) is 0 Å². The third-order valence-corrected chi connectivity index (χ3v) is 6.55. The Morgan fingerprint density at radius 2 is 1.68 bits per heavy atom. The largest absolute Gasteiger partial charge is 1.00 e. The normalized spacial score (nSPS) is 19.9. The number of carbonyl (C=O) groups excluding carboxylic acids is 1. The van der Waals surface area contributed by atoms with Crippen molar-refractivity contribution in [1.82, 2.24) is 14.9 Å². The van der Waals surface area contributed by atoms with E-state index in [4.69, 9.17) is 0 Å². The minimum atomic E-state index is -4.63. The molecular weight excluding hydrogens is 511 g/mol. The predicted molar refractivity (Wildman–Crippen MR) is 117 cm³/mol. The van der Waals surface area contributed by atoms with Gasteiger partial charge in [-0.15, -0.1) is 0 Å². The standard InChI is InChI=1S/C25H29F6N3O2.Na/c1-15(2)3-8-20(19-13-33-22(14-32-19)25(29,30)31)34-10-9-16(12-23(35)36)11-21(34)17-4-6-18(7-5-17)24(26,27)28;/h4-7,13-16,20-21H,3,8-12H2,1-2H3,(H,35,36);/q;+1/p-1/t16-,20-,21+;/m1./s1. The molecule has 1 aliphatic heterocycles. The molecule has 1 aromatic carbocycles. The summed E-state index contributed by atoms with van der Waals surface area (Å²) in [5, 5.41) is 11.2. The molecule has 1 aromatic heterocycles. The van der Waals surface area contributed by atoms with Gasteiger partial charge in [0.25, 0.3) is 0 Å². The van der Waals surface area contributed by atoms with Gasteiger partial charge in [0.1, 0.15) is 0 Å². The molecule has 37 heavy (non-hydrogen) atoms. The number of aliphatic carboxylic acids is 1. The van der Waals surface area contributed by atoms with E-state index < -0.39 is 41.7 Å². The number of hydrogen-bond donors (Lipinski definition) is 0. The summed E-state index contributed by atoms with van der Waals surface area (Å²) in [6.07, 6.45) is -5.40. The number of piperidine rings is 1. The van der Waals surface area contributed by atoms with Crippen molar-refractivity contribution in [2.75, 3.05) is 6.54 Å². The molecule has 5 nitrogen and oxygen atoms in total. The molecule has 0 saturated carbocycles. The van der Waals surface area contributed by atoms with E-state index in [9.17, 15) is 36.2 Å². The van der Waals surface area contributed by atoms with Gasteiger partial charge in [0.2, 0.25) is 0 Å². The molecule has 0 bridgehead atoms. The molecule has 3 rings (SSSR count). The van der Waals surface area contributed by atoms with Crippen molar-refractivity contribution < 1.29 is 65.8 Å². The molecule has 1 fully saturated rings. The second-order valence-electron chi connectivity index (χ2n) is 9.65. The van der Waals surface area contributed by atoms with Crippen molar-refractivity contribution in [1.29, 1.82) is 0 Å². The Bertz CT molecular complexity index is 1010. The van der Waals surface area contributed by atoms with Crippen molar-refractivity contribution >= 4 is 5.97 Å². The van der Waals surface area contributed by atoms with Crippen LogP contribution in [-0.4, -0.2) is 27.4 Å². The Hall–Kier alpha value is -1.69. The Labute approximate surface area is 234 Å². The van der Waals surface area contributed by atoms with Crippen LogP contribution in [0.3, 0.4) is 0 Å². The van der Waals surface area contributed by atoms with Gasteiger partial charge in [-0.1, -0.05) is 26.0 Å². The van der Waals surface area contributed by atoms with Crippen LogP contribution in [0.25, 0.3) is 0 Å². The van der Waals surface area contributed by atoms with E-state index in [1.807, 2.05) is 18.7 Å². The maximum Gasteiger partial charge on any atom is 1.00 e. The van der Waals surface area contributed by atoms with Gasteiger partial charge in [-0.2, -0.15) is 26.3 Å². The summed E-state index contributed by atoms with van der Waals surface area (Å²) in [7, 11) is 0. The number of likely N-dealkylation sites (tertiary alicyclic amines) is 1. The number of carboxylic acids is 1. The number of carboxylic acid groups (broad SMARTS) is 1. The molecule has 3 atom stereocenters. The molecule has 2 aromatic rings. The van der Waals surface area contributed by atoms with Crippen LogP contribution < -0.4 is 34.7 Å². The number of rotatable bonds is 8. The second-order valence-corrected chi connectivity index (χ2v) is 9.65. The van der Waals surface area contributed by atoms with Gasteiger partial charge in [0.15, 0.2) is 5.69 Å². The predicted octanol–water partition coefficient (Wildman–Crippen LogP) is 2.59. The van der Waals surface area contributed by atoms with Crippen LogP contribution >= 0.6 is 0 Å². The molecule has 0 aliphatic carbocycles. The van der Waals surface area contributed by atoms with Crippen molar-refractivity contribution in [2.24, 2.45) is 11.8 Å². The first-order valence-corrected chi connectivity index (χ1v) is 11.8. The fraction of sp³-hybridized carbons (Fsp3) is 0.560. The molecule has 12 heteroatoms. The first kappa shape index (κ1) is 31.5. The molecule has 0 N–H and O–H groups in total. The van der Waals surface area contributed by atoms with Crippen LogP contribution in [0, 0.1) is 11.8 Å². The summed E-state index contributed by atoms with van der Waals surface area (Å²) < 4.78 is 78.4. The third kappa shape index (κ3) is 8.66. The summed E-state index contributed by atoms with van der Waals surface area (Å²) >= 11 is 0. The maximum atomic E-state index is 13.1. The van der Waals surface area contributed by atoms with Crippen LogP contribution in [0.2, 0.25) is 0 Å². The number of benzene rings is 1. The van der Waals surface area contributed by atoms with E-state index in [1.54, 1.807) is 0 Å². The number of hydrogen-bond acceptors (Lipinski definition) is 5. The van der Waals surface area contributed by atoms with Gasteiger partial charge in [-0.25, -0.2) is 4.98 Å². The van der Waals surface area contributed by atoms with E-state index >= 15 is 0 Å². The van der Waals surface area contributed by atoms with Crippen LogP contribution in [0.4, 0.5) is 26.3 Å². The molecule has 1 aliphatic rings. The first-order chi connectivity index (χ1) is 16.8. The average Bonchev–Trinajstić information content (AvgIpc) is 2.78. The molecular formula is C25H28F6N3NaO2. The molecule has 1 saturated heterocycles. The van der Waals surface area contributed by atoms with Crippen LogP contribution in [-0.2, 0) is 17.1 Å². The fourth-order valence-electron chi connectivity index (χ4n) is 4.70. The van der Waals surface area contributed by atoms with Crippen LogP contribution in [0.15, 0.2) is 36.7 Å². The zero-order valence-electron chi connectivity index (χ0n) is 20.9. The summed E-state index contributed by atoms with van der Waals surface area (Å²) in [5.41, 5.74) is -1.01. The zero-order valence-corrected chi connectivity index (χ0v) is 22.9. The molecule has 0 spiro atoms. The molecule has 0 radical (unpaired) electrons. The monoisotopic (exact) mass is 539 g/mol. The second kappa shape index (κ2) is 12.9. The fourth-order valence-corrected chi connectivity index (χ4v) is 4.70. The minimum absolute atomic E-state index is 0. The van der Waals surface area contributed by atoms with Crippen LogP contribution in [0.5, 0.6) is 0 Å². The Morgan fingerprint density at radius 3 is 2.16 bits per heavy atom. The summed E-state index contributed by atoms with van der Waals surface area (Å²) in [5.74, 6) is -1.16. The number of nitrogens with zero attached hydrogens (tertiary/aromatic N) is 3. The van der Waals surface area contributed by atoms with E-state index in [2.05, 4.69) is 9.97 Å². The summed E-state index contributed by atoms with van der Waals surface area (Å²) in [6.45, 7) is 4.42. The summed E-state index contributed by atoms with van der Waals surface area (Å²) in [6, 6.07) is 3.82. The zero-order chi connectivity index (χ0) is 26.7. The molecule has 0 unspecified atom stereocenters. The van der Waals surface area contributed by atoms with Gasteiger partial charge in [0.05, 0.1) is 29.7 Å². The Kier molecular flexibility index (Phi) is 11.0. The first-order valence-electron chi connectivity index (χ1n) is 11.8. The van der Waals surface area contributed by atoms with Gasteiger partial charge >= 0.3 is 41.9 Å². The maximum absolute atomic E-state index is 13.1. The number of alkyl halides is 6. The average molecular weight is 539 g/mol. The van der Waals surface area contributed by atoms with E-state index in [-0.39, 0.29) is 47.8 Å². The van der Waals surface area contributed by atoms with E-state index in [0.717, 1.165) is 24.8 Å². The smallest absolute Gasteiger partial charge is 0.550 e. The van der Waals surface area contributed by atoms with E-state index in [1.165, 1.54) is 12.1 Å². The van der Waals surface area contributed by atoms with Crippen molar-refractivity contribution in [2.45, 2.75) is 70.4 Å². The topological polar surface area (TPSA) is 69.2 Å². The molecule has 0 amide bonds. The van der Waals surface area contributed by atoms with Gasteiger partial charge in [-0.3, -0.25) is 9.88 Å².